The van der Waals surface area contributed by atoms with Crippen LogP contribution in [0.3, 0.4) is 0 Å². The summed E-state index contributed by atoms with van der Waals surface area (Å²) in [5.74, 6) is -0.129. The number of phenols is 2. The van der Waals surface area contributed by atoms with Crippen molar-refractivity contribution in [2.45, 2.75) is 72.9 Å². The maximum Gasteiger partial charge on any atom is 0.341 e. The Labute approximate surface area is 280 Å². The van der Waals surface area contributed by atoms with Gasteiger partial charge in [-0.15, -0.1) is 0 Å². The van der Waals surface area contributed by atoms with E-state index in [2.05, 4.69) is 0 Å². The van der Waals surface area contributed by atoms with Crippen molar-refractivity contribution in [1.82, 2.24) is 0 Å². The minimum absolute atomic E-state index is 0.0109. The summed E-state index contributed by atoms with van der Waals surface area (Å²) in [7, 11) is 0. The predicted octanol–water partition coefficient (Wildman–Crippen LogP) is -0.608. The van der Waals surface area contributed by atoms with Crippen LogP contribution in [-0.4, -0.2) is 114 Å². The first-order valence-corrected chi connectivity index (χ1v) is 16.1. The van der Waals surface area contributed by atoms with Gasteiger partial charge < -0.3 is 68.6 Å². The summed E-state index contributed by atoms with van der Waals surface area (Å²) >= 11 is 0.699. The van der Waals surface area contributed by atoms with Gasteiger partial charge in [-0.1, -0.05) is 11.8 Å². The Morgan fingerprint density at radius 1 is 0.612 bits per heavy atom. The molecule has 264 valence electrons. The summed E-state index contributed by atoms with van der Waals surface area (Å²) in [6, 6.07) is 11.1. The van der Waals surface area contributed by atoms with Crippen LogP contribution in [0.2, 0.25) is 0 Å². The Morgan fingerprint density at radius 3 is 1.41 bits per heavy atom. The largest absolute Gasteiger partial charge is 0.508 e. The maximum absolute atomic E-state index is 12.6. The molecule has 0 spiro atoms. The first kappa shape index (κ1) is 35.2. The zero-order valence-electron chi connectivity index (χ0n) is 25.5. The molecule has 0 unspecified atom stereocenters. The SMILES string of the molecule is O=c1oc2ccc(O)cc2cc1CO[C@H]1[C@@H](O)[C@@H](CO)O[C@@H](S[C@@H]2O[C@H](CO)[C@H](O)[C@H](OCc3cc4cc(O)ccc4oc3=O)[C@H]2O)[C@@H]1O. The van der Waals surface area contributed by atoms with Gasteiger partial charge in [0.05, 0.1) is 37.6 Å². The van der Waals surface area contributed by atoms with Crippen LogP contribution in [0.1, 0.15) is 11.1 Å². The van der Waals surface area contributed by atoms with Crippen molar-refractivity contribution in [3.63, 3.8) is 0 Å². The Kier molecular flexibility index (Phi) is 10.6. The zero-order chi connectivity index (χ0) is 35.0. The van der Waals surface area contributed by atoms with Gasteiger partial charge in [0.1, 0.15) is 82.4 Å². The molecule has 0 aliphatic carbocycles. The molecule has 4 aromatic rings. The molecule has 2 aliphatic heterocycles. The molecule has 0 saturated carbocycles. The number of rotatable bonds is 10. The number of thioether (sulfide) groups is 1. The second kappa shape index (κ2) is 14.7. The average molecular weight is 707 g/mol. The van der Waals surface area contributed by atoms with Gasteiger partial charge in [0.15, 0.2) is 0 Å². The molecule has 8 N–H and O–H groups in total. The van der Waals surface area contributed by atoms with E-state index in [4.69, 9.17) is 27.8 Å². The highest BCUT2D eigenvalue weighted by Crippen LogP contribution is 2.38. The van der Waals surface area contributed by atoms with E-state index in [1.807, 2.05) is 0 Å². The number of ether oxygens (including phenoxy) is 4. The van der Waals surface area contributed by atoms with Crippen LogP contribution in [-0.2, 0) is 32.2 Å². The molecule has 4 heterocycles. The Morgan fingerprint density at radius 2 is 1.02 bits per heavy atom. The summed E-state index contributed by atoms with van der Waals surface area (Å²) in [6.45, 7) is -2.29. The van der Waals surface area contributed by atoms with Gasteiger partial charge in [0, 0.05) is 10.8 Å². The third kappa shape index (κ3) is 7.33. The molecule has 0 radical (unpaired) electrons. The molecule has 0 amide bonds. The van der Waals surface area contributed by atoms with E-state index in [0.717, 1.165) is 0 Å². The smallest absolute Gasteiger partial charge is 0.341 e. The molecule has 2 aromatic carbocycles. The molecule has 2 fully saturated rings. The molecule has 0 bridgehead atoms. The summed E-state index contributed by atoms with van der Waals surface area (Å²) in [5, 5.41) is 84.4. The van der Waals surface area contributed by atoms with Gasteiger partial charge in [-0.25, -0.2) is 9.59 Å². The molecule has 10 atom stereocenters. The fourth-order valence-corrected chi connectivity index (χ4v) is 7.05. The second-order valence-electron chi connectivity index (χ2n) is 11.7. The van der Waals surface area contributed by atoms with E-state index in [0.29, 0.717) is 22.5 Å². The third-order valence-corrected chi connectivity index (χ3v) is 9.67. The van der Waals surface area contributed by atoms with Crippen LogP contribution in [0.4, 0.5) is 0 Å². The fraction of sp³-hybridized carbons (Fsp3) is 0.438. The van der Waals surface area contributed by atoms with E-state index in [-0.39, 0.29) is 33.8 Å². The Hall–Kier alpha value is -3.59. The minimum atomic E-state index is -1.63. The van der Waals surface area contributed by atoms with Crippen LogP contribution in [0, 0.1) is 0 Å². The number of hydrogen-bond donors (Lipinski definition) is 8. The van der Waals surface area contributed by atoms with Crippen molar-refractivity contribution in [3.05, 3.63) is 80.5 Å². The number of hydrogen-bond acceptors (Lipinski definition) is 17. The Bertz CT molecular complexity index is 1760. The number of fused-ring (bicyclic) bond motifs is 2. The zero-order valence-corrected chi connectivity index (χ0v) is 26.3. The highest BCUT2D eigenvalue weighted by molar-refractivity contribution is 8.00. The highest BCUT2D eigenvalue weighted by Gasteiger charge is 2.51. The summed E-state index contributed by atoms with van der Waals surface area (Å²) in [4.78, 5) is 25.1. The monoisotopic (exact) mass is 706 g/mol. The second-order valence-corrected chi connectivity index (χ2v) is 12.9. The van der Waals surface area contributed by atoms with Crippen molar-refractivity contribution in [2.24, 2.45) is 0 Å². The lowest BCUT2D eigenvalue weighted by atomic mass is 9.99. The van der Waals surface area contributed by atoms with Crippen molar-refractivity contribution < 1.29 is 68.6 Å². The quantitative estimate of drug-likeness (QED) is 0.0957. The first-order valence-electron chi connectivity index (χ1n) is 15.1. The molecule has 16 nitrogen and oxygen atoms in total. The number of phenolic OH excluding ortho intramolecular Hbond substituents is 2. The normalized spacial score (nSPS) is 30.6. The van der Waals surface area contributed by atoms with Crippen molar-refractivity contribution in [1.29, 1.82) is 0 Å². The topological polar surface area (TPSA) is 259 Å². The van der Waals surface area contributed by atoms with Crippen LogP contribution in [0.5, 0.6) is 11.5 Å². The molecule has 2 saturated heterocycles. The summed E-state index contributed by atoms with van der Waals surface area (Å²) < 4.78 is 33.5. The molecule has 49 heavy (non-hydrogen) atoms. The molecule has 2 aliphatic rings. The fourth-order valence-electron chi connectivity index (χ4n) is 5.74. The van der Waals surface area contributed by atoms with Crippen LogP contribution in [0.15, 0.2) is 67.0 Å². The van der Waals surface area contributed by atoms with Crippen LogP contribution < -0.4 is 11.3 Å². The van der Waals surface area contributed by atoms with E-state index >= 15 is 0 Å². The van der Waals surface area contributed by atoms with Gasteiger partial charge in [0.2, 0.25) is 0 Å². The van der Waals surface area contributed by atoms with Crippen molar-refractivity contribution in [3.8, 4) is 11.5 Å². The highest BCUT2D eigenvalue weighted by atomic mass is 32.2. The van der Waals surface area contributed by atoms with Gasteiger partial charge in [-0.05, 0) is 48.5 Å². The molecular formula is C32H34O16S. The van der Waals surface area contributed by atoms with Crippen molar-refractivity contribution in [2.75, 3.05) is 13.2 Å². The van der Waals surface area contributed by atoms with E-state index < -0.39 is 97.4 Å². The molecule has 6 rings (SSSR count). The molecule has 2 aromatic heterocycles. The van der Waals surface area contributed by atoms with Gasteiger partial charge in [0.25, 0.3) is 0 Å². The van der Waals surface area contributed by atoms with Crippen LogP contribution in [0.25, 0.3) is 21.9 Å². The minimum Gasteiger partial charge on any atom is -0.508 e. The van der Waals surface area contributed by atoms with E-state index in [1.54, 1.807) is 0 Å². The van der Waals surface area contributed by atoms with Crippen molar-refractivity contribution >= 4 is 33.7 Å². The van der Waals surface area contributed by atoms with Gasteiger partial charge in [-0.3, -0.25) is 0 Å². The molecule has 17 heteroatoms. The van der Waals surface area contributed by atoms with E-state index in [9.17, 15) is 50.4 Å². The Balaban J connectivity index is 1.17. The number of aromatic hydroxyl groups is 2. The van der Waals surface area contributed by atoms with E-state index in [1.165, 1.54) is 48.5 Å². The number of aliphatic hydroxyl groups excluding tert-OH is 6. The lowest BCUT2D eigenvalue weighted by Gasteiger charge is -2.46. The lowest BCUT2D eigenvalue weighted by Crippen LogP contribution is -2.61. The van der Waals surface area contributed by atoms with Gasteiger partial charge >= 0.3 is 11.3 Å². The standard InChI is InChI=1S/C32H34O16S/c33-9-21-23(37)27(43-11-15-5-13-7-17(35)1-3-19(13)45-29(15)41)25(39)31(47-21)49-32-26(40)28(24(38)22(10-34)48-32)44-12-16-6-14-8-18(36)2-4-20(14)46-30(16)42/h1-8,21-28,31-40H,9-12H2/t21-,22-,23+,24+,25-,26-,27+,28+,31+,32+/m1/s1. The maximum atomic E-state index is 12.6. The summed E-state index contributed by atoms with van der Waals surface area (Å²) in [6.07, 6.45) is -11.8. The lowest BCUT2D eigenvalue weighted by molar-refractivity contribution is -0.231. The third-order valence-electron chi connectivity index (χ3n) is 8.35. The summed E-state index contributed by atoms with van der Waals surface area (Å²) in [5.41, 5.74) is -3.70. The van der Waals surface area contributed by atoms with Gasteiger partial charge in [-0.2, -0.15) is 0 Å². The predicted molar refractivity (Wildman–Crippen MR) is 169 cm³/mol. The number of benzene rings is 2. The molecular weight excluding hydrogens is 672 g/mol. The first-order chi connectivity index (χ1) is 23.5. The number of aliphatic hydroxyl groups is 6. The van der Waals surface area contributed by atoms with Crippen LogP contribution >= 0.6 is 11.8 Å². The average Bonchev–Trinajstić information content (AvgIpc) is 3.07.